The maximum Gasteiger partial charge on any atom is 0.258 e. The zero-order valence-electron chi connectivity index (χ0n) is 15.4. The van der Waals surface area contributed by atoms with Gasteiger partial charge in [0, 0.05) is 50.1 Å². The lowest BCUT2D eigenvalue weighted by Gasteiger charge is -2.14. The summed E-state index contributed by atoms with van der Waals surface area (Å²) in [6, 6.07) is 5.50. The van der Waals surface area contributed by atoms with E-state index in [4.69, 9.17) is 4.98 Å². The third-order valence-electron chi connectivity index (χ3n) is 4.61. The zero-order chi connectivity index (χ0) is 18.3. The molecule has 26 heavy (non-hydrogen) atoms. The topological polar surface area (TPSA) is 63.4 Å². The smallest absolute Gasteiger partial charge is 0.258 e. The van der Waals surface area contributed by atoms with Gasteiger partial charge in [0.15, 0.2) is 0 Å². The number of pyridine rings is 1. The Morgan fingerprint density at radius 1 is 1.19 bits per heavy atom. The van der Waals surface area contributed by atoms with Crippen LogP contribution in [-0.4, -0.2) is 24.3 Å². The highest BCUT2D eigenvalue weighted by Gasteiger charge is 2.22. The van der Waals surface area contributed by atoms with Gasteiger partial charge in [-0.25, -0.2) is 15.0 Å². The molecule has 0 saturated carbocycles. The van der Waals surface area contributed by atoms with E-state index in [0.29, 0.717) is 18.1 Å². The maximum absolute atomic E-state index is 12.4. The Balaban J connectivity index is 1.54. The average molecular weight is 349 g/mol. The van der Waals surface area contributed by atoms with Crippen molar-refractivity contribution in [2.45, 2.75) is 46.8 Å². The second-order valence-corrected chi connectivity index (χ2v) is 7.52. The number of nitrogens with zero attached hydrogens (tertiary/aromatic N) is 5. The van der Waals surface area contributed by atoms with Crippen LogP contribution in [0.3, 0.4) is 0 Å². The van der Waals surface area contributed by atoms with Crippen LogP contribution in [0.15, 0.2) is 35.4 Å². The van der Waals surface area contributed by atoms with Gasteiger partial charge in [-0.3, -0.25) is 14.1 Å². The fourth-order valence-electron chi connectivity index (χ4n) is 3.40. The van der Waals surface area contributed by atoms with Gasteiger partial charge in [-0.15, -0.1) is 0 Å². The van der Waals surface area contributed by atoms with Gasteiger partial charge in [-0.2, -0.15) is 0 Å². The quantitative estimate of drug-likeness (QED) is 0.724. The lowest BCUT2D eigenvalue weighted by atomic mass is 10.1. The molecule has 0 amide bonds. The van der Waals surface area contributed by atoms with Gasteiger partial charge in [0.1, 0.15) is 11.5 Å². The molecule has 0 aliphatic carbocycles. The Morgan fingerprint density at radius 2 is 2.04 bits per heavy atom. The summed E-state index contributed by atoms with van der Waals surface area (Å²) in [7, 11) is 0. The summed E-state index contributed by atoms with van der Waals surface area (Å²) in [5.41, 5.74) is 4.76. The van der Waals surface area contributed by atoms with Crippen LogP contribution in [0.25, 0.3) is 5.65 Å². The molecule has 0 unspecified atom stereocenters. The van der Waals surface area contributed by atoms with Crippen LogP contribution in [0.1, 0.15) is 42.2 Å². The van der Waals surface area contributed by atoms with Gasteiger partial charge in [0.2, 0.25) is 0 Å². The molecule has 3 aromatic heterocycles. The first-order chi connectivity index (χ1) is 12.5. The molecule has 0 spiro atoms. The molecule has 4 heterocycles. The summed E-state index contributed by atoms with van der Waals surface area (Å²) >= 11 is 0. The van der Waals surface area contributed by atoms with E-state index in [1.54, 1.807) is 10.5 Å². The van der Waals surface area contributed by atoms with Crippen LogP contribution in [0.4, 0.5) is 0 Å². The summed E-state index contributed by atoms with van der Waals surface area (Å²) in [5.74, 6) is 1.46. The minimum Gasteiger partial charge on any atom is -0.287 e. The molecule has 6 heteroatoms. The fraction of sp³-hybridized carbons (Fsp3) is 0.400. The Kier molecular flexibility index (Phi) is 4.28. The van der Waals surface area contributed by atoms with E-state index in [0.717, 1.165) is 42.3 Å². The highest BCUT2D eigenvalue weighted by molar-refractivity contribution is 5.40. The van der Waals surface area contributed by atoms with E-state index in [2.05, 4.69) is 28.7 Å². The van der Waals surface area contributed by atoms with Crippen molar-refractivity contribution in [3.8, 4) is 0 Å². The van der Waals surface area contributed by atoms with Crippen LogP contribution >= 0.6 is 0 Å². The van der Waals surface area contributed by atoms with E-state index in [1.165, 1.54) is 5.56 Å². The Labute approximate surface area is 152 Å². The van der Waals surface area contributed by atoms with Crippen molar-refractivity contribution >= 4 is 5.65 Å². The van der Waals surface area contributed by atoms with Crippen molar-refractivity contribution in [1.82, 2.24) is 24.3 Å². The summed E-state index contributed by atoms with van der Waals surface area (Å²) in [4.78, 5) is 28.5. The van der Waals surface area contributed by atoms with Crippen molar-refractivity contribution in [3.63, 3.8) is 0 Å². The standard InChI is InChI=1S/C20H23N5O/c1-13(2)6-18-21-8-15-10-24(12-17(15)23-18)11-16-7-20(26)25-9-14(3)4-5-19(25)22-16/h4-5,7-9,13H,6,10-12H2,1-3H3. The number of aryl methyl sites for hydroxylation is 1. The third kappa shape index (κ3) is 3.37. The normalized spacial score (nSPS) is 14.3. The molecule has 0 atom stereocenters. The minimum absolute atomic E-state index is 0.0376. The first-order valence-electron chi connectivity index (χ1n) is 9.03. The molecular weight excluding hydrogens is 326 g/mol. The summed E-state index contributed by atoms with van der Waals surface area (Å²) in [6.45, 7) is 8.53. The van der Waals surface area contributed by atoms with Gasteiger partial charge >= 0.3 is 0 Å². The molecule has 3 aromatic rings. The first kappa shape index (κ1) is 16.8. The van der Waals surface area contributed by atoms with E-state index in [9.17, 15) is 4.79 Å². The van der Waals surface area contributed by atoms with Gasteiger partial charge in [0.05, 0.1) is 11.4 Å². The lowest BCUT2D eigenvalue weighted by Crippen LogP contribution is -2.21. The molecule has 0 bridgehead atoms. The summed E-state index contributed by atoms with van der Waals surface area (Å²) < 4.78 is 1.60. The SMILES string of the molecule is Cc1ccc2nc(CN3Cc4cnc(CC(C)C)nc4C3)cc(=O)n2c1. The van der Waals surface area contributed by atoms with Gasteiger partial charge in [-0.05, 0) is 24.5 Å². The van der Waals surface area contributed by atoms with E-state index < -0.39 is 0 Å². The van der Waals surface area contributed by atoms with Gasteiger partial charge < -0.3 is 0 Å². The highest BCUT2D eigenvalue weighted by Crippen LogP contribution is 2.22. The fourth-order valence-corrected chi connectivity index (χ4v) is 3.40. The van der Waals surface area contributed by atoms with E-state index >= 15 is 0 Å². The molecule has 1 aliphatic heterocycles. The van der Waals surface area contributed by atoms with Crippen LogP contribution < -0.4 is 5.56 Å². The van der Waals surface area contributed by atoms with Crippen LogP contribution in [0.2, 0.25) is 0 Å². The molecule has 0 N–H and O–H groups in total. The second-order valence-electron chi connectivity index (χ2n) is 7.52. The van der Waals surface area contributed by atoms with Crippen LogP contribution in [0.5, 0.6) is 0 Å². The van der Waals surface area contributed by atoms with Crippen molar-refractivity contribution in [2.24, 2.45) is 5.92 Å². The van der Waals surface area contributed by atoms with Crippen molar-refractivity contribution < 1.29 is 0 Å². The molecular formula is C20H23N5O. The van der Waals surface area contributed by atoms with Crippen LogP contribution in [-0.2, 0) is 26.1 Å². The van der Waals surface area contributed by atoms with Crippen molar-refractivity contribution in [3.05, 3.63) is 69.3 Å². The third-order valence-corrected chi connectivity index (χ3v) is 4.61. The molecule has 0 fully saturated rings. The van der Waals surface area contributed by atoms with E-state index in [-0.39, 0.29) is 5.56 Å². The molecule has 4 rings (SSSR count). The molecule has 0 aromatic carbocycles. The Hall–Kier alpha value is -2.60. The van der Waals surface area contributed by atoms with Gasteiger partial charge in [-0.1, -0.05) is 19.9 Å². The molecule has 0 saturated heterocycles. The number of hydrogen-bond donors (Lipinski definition) is 0. The Bertz CT molecular complexity index is 1020. The minimum atomic E-state index is -0.0376. The lowest BCUT2D eigenvalue weighted by molar-refractivity contribution is 0.270. The summed E-state index contributed by atoms with van der Waals surface area (Å²) in [5, 5.41) is 0. The highest BCUT2D eigenvalue weighted by atomic mass is 16.1. The van der Waals surface area contributed by atoms with Crippen molar-refractivity contribution in [1.29, 1.82) is 0 Å². The predicted octanol–water partition coefficient (Wildman–Crippen LogP) is 2.51. The predicted molar refractivity (Wildman–Crippen MR) is 99.7 cm³/mol. The first-order valence-corrected chi connectivity index (χ1v) is 9.03. The van der Waals surface area contributed by atoms with Gasteiger partial charge in [0.25, 0.3) is 5.56 Å². The zero-order valence-corrected chi connectivity index (χ0v) is 15.4. The summed E-state index contributed by atoms with van der Waals surface area (Å²) in [6.07, 6.45) is 4.67. The average Bonchev–Trinajstić information content (AvgIpc) is 2.96. The monoisotopic (exact) mass is 349 g/mol. The number of fused-ring (bicyclic) bond motifs is 2. The number of hydrogen-bond acceptors (Lipinski definition) is 5. The Morgan fingerprint density at radius 3 is 2.85 bits per heavy atom. The largest absolute Gasteiger partial charge is 0.287 e. The van der Waals surface area contributed by atoms with E-state index in [1.807, 2.05) is 31.5 Å². The van der Waals surface area contributed by atoms with Crippen LogP contribution in [0, 0.1) is 12.8 Å². The molecule has 134 valence electrons. The molecule has 6 nitrogen and oxygen atoms in total. The van der Waals surface area contributed by atoms with Crippen molar-refractivity contribution in [2.75, 3.05) is 0 Å². The molecule has 0 radical (unpaired) electrons. The number of aromatic nitrogens is 4. The maximum atomic E-state index is 12.4. The number of rotatable bonds is 4. The second kappa shape index (κ2) is 6.61. The molecule has 1 aliphatic rings.